The Labute approximate surface area is 273 Å². The Morgan fingerprint density at radius 2 is 1.08 bits per heavy atom. The van der Waals surface area contributed by atoms with Gasteiger partial charge in [-0.15, -0.1) is 0 Å². The van der Waals surface area contributed by atoms with Crippen LogP contribution in [0.4, 0.5) is 0 Å². The Morgan fingerprint density at radius 1 is 0.641 bits per heavy atom. The largest absolute Gasteiger partial charge is 0.392 e. The second-order valence-corrected chi connectivity index (χ2v) is 13.4. The highest BCUT2D eigenvalue weighted by Crippen LogP contribution is 2.35. The molecular formula is C28H22Br2Cl4O3S2. The van der Waals surface area contributed by atoms with Crippen LogP contribution < -0.4 is 0 Å². The van der Waals surface area contributed by atoms with E-state index in [1.54, 1.807) is 42.8 Å². The maximum Gasteiger partial charge on any atom is 0.146 e. The average Bonchev–Trinajstić information content (AvgIpc) is 2.90. The molecule has 0 aliphatic rings. The summed E-state index contributed by atoms with van der Waals surface area (Å²) in [5, 5.41) is 11.3. The number of hydrogen-bond acceptors (Lipinski definition) is 5. The molecule has 0 atom stereocenters. The summed E-state index contributed by atoms with van der Waals surface area (Å²) < 4.78 is 12.1. The molecule has 206 valence electrons. The van der Waals surface area contributed by atoms with Crippen molar-refractivity contribution in [2.75, 3.05) is 13.9 Å². The first-order chi connectivity index (χ1) is 18.7. The molecule has 0 aliphatic heterocycles. The molecule has 0 aromatic heterocycles. The highest BCUT2D eigenvalue weighted by Gasteiger charge is 2.06. The lowest BCUT2D eigenvalue weighted by molar-refractivity contribution is -0.0392. The predicted octanol–water partition coefficient (Wildman–Crippen LogP) is 11.4. The van der Waals surface area contributed by atoms with Gasteiger partial charge in [0.1, 0.15) is 6.79 Å². The van der Waals surface area contributed by atoms with Crippen LogP contribution in [0.3, 0.4) is 0 Å². The minimum absolute atomic E-state index is 0.0261. The van der Waals surface area contributed by atoms with E-state index in [0.29, 0.717) is 26.7 Å². The molecule has 0 bridgehead atoms. The molecule has 0 unspecified atom stereocenters. The van der Waals surface area contributed by atoms with E-state index in [9.17, 15) is 0 Å². The van der Waals surface area contributed by atoms with E-state index in [4.69, 9.17) is 61.0 Å². The van der Waals surface area contributed by atoms with Gasteiger partial charge in [-0.05, 0) is 71.8 Å². The van der Waals surface area contributed by atoms with Crippen LogP contribution in [0.15, 0.2) is 101 Å². The minimum atomic E-state index is 0.0261. The molecule has 0 fully saturated rings. The van der Waals surface area contributed by atoms with Crippen LogP contribution in [0.2, 0.25) is 20.1 Å². The fraction of sp³-hybridized carbons (Fsp3) is 0.143. The number of ether oxygens (including phenoxy) is 2. The Morgan fingerprint density at radius 3 is 1.49 bits per heavy atom. The molecule has 4 aromatic carbocycles. The highest BCUT2D eigenvalue weighted by atomic mass is 79.9. The van der Waals surface area contributed by atoms with Crippen LogP contribution in [0, 0.1) is 0 Å². The third-order valence-corrected chi connectivity index (χ3v) is 9.84. The first-order valence-electron chi connectivity index (χ1n) is 11.2. The lowest BCUT2D eigenvalue weighted by atomic mass is 10.2. The van der Waals surface area contributed by atoms with Crippen molar-refractivity contribution < 1.29 is 14.6 Å². The number of hydrogen-bond donors (Lipinski definition) is 1. The summed E-state index contributed by atoms with van der Waals surface area (Å²) in [5.74, 6) is 0. The van der Waals surface area contributed by atoms with Crippen LogP contribution >= 0.6 is 102 Å². The third-order valence-electron chi connectivity index (χ3n) is 4.93. The van der Waals surface area contributed by atoms with Crippen molar-refractivity contribution in [3.63, 3.8) is 0 Å². The maximum absolute atomic E-state index is 9.10. The lowest BCUT2D eigenvalue weighted by Gasteiger charge is -2.08. The SMILES string of the molecule is COCOCc1ccc(Sc2ccc(Cl)c(Cl)c2)cc1Br.OCc1ccc(Sc2ccc(Cl)c(Cl)c2)cc1Br. The third kappa shape index (κ3) is 10.7. The molecular weight excluding hydrogens is 750 g/mol. The number of halogens is 6. The van der Waals surface area contributed by atoms with E-state index in [2.05, 4.69) is 37.9 Å². The van der Waals surface area contributed by atoms with E-state index in [1.807, 2.05) is 54.6 Å². The van der Waals surface area contributed by atoms with Crippen molar-refractivity contribution >= 4 is 102 Å². The second-order valence-electron chi connectivity index (χ2n) is 7.78. The molecule has 0 amide bonds. The van der Waals surface area contributed by atoms with Crippen LogP contribution in [-0.2, 0) is 22.7 Å². The van der Waals surface area contributed by atoms with E-state index in [0.717, 1.165) is 39.7 Å². The fourth-order valence-corrected chi connectivity index (χ4v) is 6.84. The maximum atomic E-state index is 9.10. The normalized spacial score (nSPS) is 10.8. The molecule has 3 nitrogen and oxygen atoms in total. The summed E-state index contributed by atoms with van der Waals surface area (Å²) >= 11 is 34.0. The van der Waals surface area contributed by atoms with Crippen molar-refractivity contribution in [2.24, 2.45) is 0 Å². The quantitative estimate of drug-likeness (QED) is 0.136. The zero-order valence-corrected chi connectivity index (χ0v) is 28.2. The Bertz CT molecular complexity index is 1410. The fourth-order valence-electron chi connectivity index (χ4n) is 3.02. The topological polar surface area (TPSA) is 38.7 Å². The molecule has 0 saturated heterocycles. The minimum Gasteiger partial charge on any atom is -0.392 e. The zero-order valence-electron chi connectivity index (χ0n) is 20.4. The summed E-state index contributed by atoms with van der Waals surface area (Å²) in [5.41, 5.74) is 1.94. The second kappa shape index (κ2) is 16.9. The lowest BCUT2D eigenvalue weighted by Crippen LogP contribution is -1.97. The van der Waals surface area contributed by atoms with Crippen molar-refractivity contribution in [2.45, 2.75) is 32.8 Å². The standard InChI is InChI=1S/C15H13BrCl2O2S.C13H9BrCl2OS/c1-19-9-20-8-10-2-3-11(6-13(10)16)21-12-4-5-14(17)15(18)7-12;14-11-5-9(2-1-8(11)7-17)18-10-3-4-12(15)13(16)6-10/h2-7H,8-9H2,1H3;1-6,17H,7H2. The van der Waals surface area contributed by atoms with E-state index in [1.165, 1.54) is 0 Å². The van der Waals surface area contributed by atoms with Crippen LogP contribution in [-0.4, -0.2) is 19.0 Å². The van der Waals surface area contributed by atoms with Gasteiger partial charge in [0, 0.05) is 35.6 Å². The zero-order chi connectivity index (χ0) is 28.4. The van der Waals surface area contributed by atoms with Gasteiger partial charge in [-0.1, -0.05) is 114 Å². The highest BCUT2D eigenvalue weighted by molar-refractivity contribution is 9.10. The first kappa shape index (κ1) is 33.1. The molecule has 0 aliphatic carbocycles. The van der Waals surface area contributed by atoms with Crippen molar-refractivity contribution in [1.82, 2.24) is 0 Å². The molecule has 11 heteroatoms. The molecule has 0 saturated carbocycles. The first-order valence-corrected chi connectivity index (χ1v) is 15.9. The number of rotatable bonds is 9. The Kier molecular flexibility index (Phi) is 14.3. The number of aliphatic hydroxyl groups is 1. The van der Waals surface area contributed by atoms with Crippen molar-refractivity contribution in [3.8, 4) is 0 Å². The van der Waals surface area contributed by atoms with Gasteiger partial charge in [0.2, 0.25) is 0 Å². The number of benzene rings is 4. The predicted molar refractivity (Wildman–Crippen MR) is 172 cm³/mol. The number of methoxy groups -OCH3 is 1. The van der Waals surface area contributed by atoms with E-state index >= 15 is 0 Å². The van der Waals surface area contributed by atoms with Gasteiger partial charge in [0.05, 0.1) is 33.3 Å². The van der Waals surface area contributed by atoms with E-state index < -0.39 is 0 Å². The Hall–Kier alpha value is -0.420. The van der Waals surface area contributed by atoms with Gasteiger partial charge in [-0.2, -0.15) is 0 Å². The van der Waals surface area contributed by atoms with Gasteiger partial charge in [0.25, 0.3) is 0 Å². The summed E-state index contributed by atoms with van der Waals surface area (Å²) in [6.07, 6.45) is 0. The van der Waals surface area contributed by atoms with Crippen molar-refractivity contribution in [1.29, 1.82) is 0 Å². The van der Waals surface area contributed by atoms with Crippen molar-refractivity contribution in [3.05, 3.63) is 113 Å². The molecule has 4 aromatic rings. The summed E-state index contributed by atoms with van der Waals surface area (Å²) in [4.78, 5) is 4.24. The van der Waals surface area contributed by atoms with Gasteiger partial charge in [-0.25, -0.2) is 0 Å². The molecule has 0 spiro atoms. The van der Waals surface area contributed by atoms with Gasteiger partial charge < -0.3 is 14.6 Å². The van der Waals surface area contributed by atoms with Gasteiger partial charge in [-0.3, -0.25) is 0 Å². The molecule has 1 N–H and O–H groups in total. The van der Waals surface area contributed by atoms with Crippen LogP contribution in [0.1, 0.15) is 11.1 Å². The average molecular weight is 772 g/mol. The smallest absolute Gasteiger partial charge is 0.146 e. The molecule has 4 rings (SSSR count). The number of aliphatic hydroxyl groups excluding tert-OH is 1. The van der Waals surface area contributed by atoms with Gasteiger partial charge >= 0.3 is 0 Å². The summed E-state index contributed by atoms with van der Waals surface area (Å²) in [6.45, 7) is 0.816. The molecule has 0 heterocycles. The summed E-state index contributed by atoms with van der Waals surface area (Å²) in [7, 11) is 1.60. The monoisotopic (exact) mass is 768 g/mol. The van der Waals surface area contributed by atoms with Gasteiger partial charge in [0.15, 0.2) is 0 Å². The van der Waals surface area contributed by atoms with Crippen LogP contribution in [0.5, 0.6) is 0 Å². The van der Waals surface area contributed by atoms with Crippen LogP contribution in [0.25, 0.3) is 0 Å². The summed E-state index contributed by atoms with van der Waals surface area (Å²) in [6, 6.07) is 23.1. The van der Waals surface area contributed by atoms with E-state index in [-0.39, 0.29) is 13.4 Å². The molecule has 0 radical (unpaired) electrons. The Balaban J connectivity index is 0.000000218. The molecule has 39 heavy (non-hydrogen) atoms.